The van der Waals surface area contributed by atoms with Gasteiger partial charge < -0.3 is 4.90 Å². The SMILES string of the molecule is CC1CC(C)(C)N(C)c2cc(Cl)c(/C=N/NC(=O)c3ccccc3Br)cc21. The maximum atomic E-state index is 12.2. The molecule has 0 spiro atoms. The van der Waals surface area contributed by atoms with E-state index in [9.17, 15) is 4.79 Å². The number of carbonyl (C=O) groups excluding carboxylic acids is 1. The number of nitrogens with one attached hydrogen (secondary N) is 1. The van der Waals surface area contributed by atoms with Crippen LogP contribution in [0.5, 0.6) is 0 Å². The number of hydrogen-bond donors (Lipinski definition) is 1. The summed E-state index contributed by atoms with van der Waals surface area (Å²) in [5, 5.41) is 4.71. The molecule has 0 radical (unpaired) electrons. The van der Waals surface area contributed by atoms with Gasteiger partial charge in [0, 0.05) is 28.3 Å². The van der Waals surface area contributed by atoms with Crippen molar-refractivity contribution in [1.29, 1.82) is 0 Å². The monoisotopic (exact) mass is 447 g/mol. The molecule has 1 aliphatic rings. The van der Waals surface area contributed by atoms with E-state index in [1.165, 1.54) is 5.56 Å². The van der Waals surface area contributed by atoms with Gasteiger partial charge in [-0.3, -0.25) is 4.79 Å². The fourth-order valence-corrected chi connectivity index (χ4v) is 4.24. The van der Waals surface area contributed by atoms with Gasteiger partial charge in [0.1, 0.15) is 0 Å². The number of nitrogens with zero attached hydrogens (tertiary/aromatic N) is 2. The maximum absolute atomic E-state index is 12.2. The molecule has 0 saturated heterocycles. The van der Waals surface area contributed by atoms with Crippen LogP contribution in [0.25, 0.3) is 0 Å². The van der Waals surface area contributed by atoms with Gasteiger partial charge in [-0.25, -0.2) is 5.43 Å². The Morgan fingerprint density at radius 3 is 2.78 bits per heavy atom. The van der Waals surface area contributed by atoms with Crippen molar-refractivity contribution in [2.75, 3.05) is 11.9 Å². The zero-order valence-electron chi connectivity index (χ0n) is 15.9. The van der Waals surface area contributed by atoms with Crippen molar-refractivity contribution in [3.8, 4) is 0 Å². The number of halogens is 2. The maximum Gasteiger partial charge on any atom is 0.272 e. The van der Waals surface area contributed by atoms with Crippen LogP contribution in [0.15, 0.2) is 46.0 Å². The Morgan fingerprint density at radius 1 is 1.37 bits per heavy atom. The van der Waals surface area contributed by atoms with E-state index in [0.29, 0.717) is 16.5 Å². The van der Waals surface area contributed by atoms with E-state index in [-0.39, 0.29) is 11.4 Å². The largest absolute Gasteiger partial charge is 0.369 e. The fraction of sp³-hybridized carbons (Fsp3) is 0.333. The zero-order valence-corrected chi connectivity index (χ0v) is 18.2. The molecule has 3 rings (SSSR count). The van der Waals surface area contributed by atoms with Gasteiger partial charge in [0.2, 0.25) is 0 Å². The number of hydrazone groups is 1. The van der Waals surface area contributed by atoms with Gasteiger partial charge in [-0.2, -0.15) is 5.10 Å². The van der Waals surface area contributed by atoms with E-state index < -0.39 is 0 Å². The normalized spacial score (nSPS) is 18.4. The minimum Gasteiger partial charge on any atom is -0.369 e. The lowest BCUT2D eigenvalue weighted by atomic mass is 9.80. The Kier molecular flexibility index (Phi) is 5.63. The van der Waals surface area contributed by atoms with Gasteiger partial charge >= 0.3 is 0 Å². The standard InChI is InChI=1S/C21H23BrClN3O/c1-13-11-21(2,3)26(4)19-10-18(23)14(9-16(13)19)12-24-25-20(27)15-7-5-6-8-17(15)22/h5-10,12-13H,11H2,1-4H3,(H,25,27)/b24-12+. The summed E-state index contributed by atoms with van der Waals surface area (Å²) in [7, 11) is 2.10. The predicted molar refractivity (Wildman–Crippen MR) is 116 cm³/mol. The lowest BCUT2D eigenvalue weighted by molar-refractivity contribution is 0.0954. The van der Waals surface area contributed by atoms with Crippen LogP contribution in [0.1, 0.15) is 54.6 Å². The first kappa shape index (κ1) is 19.9. The van der Waals surface area contributed by atoms with Crippen LogP contribution in [0.2, 0.25) is 5.02 Å². The number of anilines is 1. The highest BCUT2D eigenvalue weighted by Gasteiger charge is 2.34. The van der Waals surface area contributed by atoms with Gasteiger partial charge in [0.05, 0.1) is 16.8 Å². The Balaban J connectivity index is 1.82. The van der Waals surface area contributed by atoms with Crippen LogP contribution < -0.4 is 10.3 Å². The van der Waals surface area contributed by atoms with Crippen molar-refractivity contribution in [2.45, 2.75) is 38.6 Å². The van der Waals surface area contributed by atoms with Crippen molar-refractivity contribution in [3.05, 3.63) is 62.6 Å². The van der Waals surface area contributed by atoms with Crippen LogP contribution >= 0.6 is 27.5 Å². The molecular weight excluding hydrogens is 426 g/mol. The highest BCUT2D eigenvalue weighted by molar-refractivity contribution is 9.10. The molecule has 0 bridgehead atoms. The summed E-state index contributed by atoms with van der Waals surface area (Å²) in [6.07, 6.45) is 2.66. The smallest absolute Gasteiger partial charge is 0.272 e. The molecule has 0 aromatic heterocycles. The number of carbonyl (C=O) groups is 1. The molecule has 1 aliphatic heterocycles. The molecular formula is C21H23BrClN3O. The summed E-state index contributed by atoms with van der Waals surface area (Å²) in [5.74, 6) is 0.146. The summed E-state index contributed by atoms with van der Waals surface area (Å²) >= 11 is 9.86. The summed E-state index contributed by atoms with van der Waals surface area (Å²) in [4.78, 5) is 14.5. The molecule has 6 heteroatoms. The van der Waals surface area contributed by atoms with Gasteiger partial charge in [-0.05, 0) is 71.9 Å². The summed E-state index contributed by atoms with van der Waals surface area (Å²) in [6.45, 7) is 6.72. The molecule has 1 heterocycles. The highest BCUT2D eigenvalue weighted by atomic mass is 79.9. The number of fused-ring (bicyclic) bond motifs is 1. The van der Waals surface area contributed by atoms with Gasteiger partial charge in [0.25, 0.3) is 5.91 Å². The third kappa shape index (κ3) is 4.04. The van der Waals surface area contributed by atoms with Crippen molar-refractivity contribution in [3.63, 3.8) is 0 Å². The second-order valence-corrected chi connectivity index (χ2v) is 8.85. The Morgan fingerprint density at radius 2 is 2.07 bits per heavy atom. The van der Waals surface area contributed by atoms with Crippen LogP contribution in [-0.2, 0) is 0 Å². The van der Waals surface area contributed by atoms with Crippen molar-refractivity contribution in [2.24, 2.45) is 5.10 Å². The molecule has 2 aromatic rings. The molecule has 1 amide bonds. The topological polar surface area (TPSA) is 44.7 Å². The Hall–Kier alpha value is -1.85. The van der Waals surface area contributed by atoms with Crippen molar-refractivity contribution >= 4 is 45.3 Å². The van der Waals surface area contributed by atoms with E-state index >= 15 is 0 Å². The lowest BCUT2D eigenvalue weighted by Crippen LogP contribution is -2.45. The molecule has 1 atom stereocenters. The van der Waals surface area contributed by atoms with Crippen LogP contribution in [0, 0.1) is 0 Å². The molecule has 0 fully saturated rings. The quantitative estimate of drug-likeness (QED) is 0.491. The average molecular weight is 449 g/mol. The number of hydrogen-bond acceptors (Lipinski definition) is 3. The van der Waals surface area contributed by atoms with E-state index in [1.807, 2.05) is 24.3 Å². The number of rotatable bonds is 3. The Labute approximate surface area is 173 Å². The molecule has 4 nitrogen and oxygen atoms in total. The minimum atomic E-state index is -0.275. The van der Waals surface area contributed by atoms with Gasteiger partial charge in [-0.15, -0.1) is 0 Å². The average Bonchev–Trinajstić information content (AvgIpc) is 2.60. The van der Waals surface area contributed by atoms with E-state index in [0.717, 1.165) is 22.1 Å². The summed E-state index contributed by atoms with van der Waals surface area (Å²) < 4.78 is 0.726. The molecule has 2 aromatic carbocycles. The molecule has 27 heavy (non-hydrogen) atoms. The van der Waals surface area contributed by atoms with Crippen molar-refractivity contribution in [1.82, 2.24) is 5.43 Å². The molecule has 1 N–H and O–H groups in total. The van der Waals surface area contributed by atoms with Crippen LogP contribution in [0.4, 0.5) is 5.69 Å². The zero-order chi connectivity index (χ0) is 19.8. The van der Waals surface area contributed by atoms with Gasteiger partial charge in [-0.1, -0.05) is 30.7 Å². The number of amides is 1. The third-order valence-corrected chi connectivity index (χ3v) is 6.26. The lowest BCUT2D eigenvalue weighted by Gasteiger charge is -2.45. The Bertz CT molecular complexity index is 910. The van der Waals surface area contributed by atoms with Crippen LogP contribution in [-0.4, -0.2) is 24.7 Å². The first-order chi connectivity index (χ1) is 12.7. The van der Waals surface area contributed by atoms with E-state index in [2.05, 4.69) is 65.2 Å². The van der Waals surface area contributed by atoms with E-state index in [1.54, 1.807) is 12.3 Å². The second-order valence-electron chi connectivity index (χ2n) is 7.59. The fourth-order valence-electron chi connectivity index (χ4n) is 3.57. The molecule has 1 unspecified atom stereocenters. The molecule has 0 saturated carbocycles. The third-order valence-electron chi connectivity index (χ3n) is 5.24. The predicted octanol–water partition coefficient (Wildman–Crippen LogP) is 5.59. The van der Waals surface area contributed by atoms with Crippen LogP contribution in [0.3, 0.4) is 0 Å². The van der Waals surface area contributed by atoms with E-state index in [4.69, 9.17) is 11.6 Å². The first-order valence-corrected chi connectivity index (χ1v) is 10.0. The second kappa shape index (κ2) is 7.64. The summed E-state index contributed by atoms with van der Waals surface area (Å²) in [6, 6.07) is 11.3. The number of benzene rings is 2. The summed E-state index contributed by atoms with van der Waals surface area (Å²) in [5.41, 5.74) is 6.37. The molecule has 0 aliphatic carbocycles. The first-order valence-electron chi connectivity index (χ1n) is 8.86. The minimum absolute atomic E-state index is 0.0857. The van der Waals surface area contributed by atoms with Crippen molar-refractivity contribution < 1.29 is 4.79 Å². The molecule has 142 valence electrons. The highest BCUT2D eigenvalue weighted by Crippen LogP contribution is 2.44. The van der Waals surface area contributed by atoms with Gasteiger partial charge in [0.15, 0.2) is 0 Å².